The summed E-state index contributed by atoms with van der Waals surface area (Å²) in [7, 11) is 0. The van der Waals surface area contributed by atoms with Crippen molar-refractivity contribution in [3.63, 3.8) is 0 Å². The van der Waals surface area contributed by atoms with Gasteiger partial charge in [-0.2, -0.15) is 0 Å². The molecule has 2 aromatic rings. The fourth-order valence-corrected chi connectivity index (χ4v) is 3.53. The first kappa shape index (κ1) is 16.6. The first-order chi connectivity index (χ1) is 10.2. The number of halogens is 1. The van der Waals surface area contributed by atoms with Gasteiger partial charge in [-0.3, -0.25) is 0 Å². The second-order valence-corrected chi connectivity index (χ2v) is 7.20. The van der Waals surface area contributed by atoms with Crippen LogP contribution in [0.4, 0.5) is 0 Å². The van der Waals surface area contributed by atoms with Crippen LogP contribution in [0.2, 0.25) is 0 Å². The lowest BCUT2D eigenvalue weighted by Crippen LogP contribution is -2.22. The van der Waals surface area contributed by atoms with Gasteiger partial charge in [0.05, 0.1) is 0 Å². The molecule has 1 unspecified atom stereocenters. The zero-order chi connectivity index (χ0) is 15.1. The Balaban J connectivity index is 2.14. The molecule has 0 aromatic heterocycles. The fraction of sp³-hybridized carbons (Fsp3) is 0.333. The van der Waals surface area contributed by atoms with Crippen LogP contribution in [0.1, 0.15) is 31.0 Å². The molecule has 0 saturated carbocycles. The summed E-state index contributed by atoms with van der Waals surface area (Å²) in [6, 6.07) is 17.9. The molecule has 1 atom stereocenters. The molecular weight excluding hydrogens is 342 g/mol. The molecule has 0 bridgehead atoms. The van der Waals surface area contributed by atoms with Crippen molar-refractivity contribution in [2.45, 2.75) is 31.2 Å². The van der Waals surface area contributed by atoms with Gasteiger partial charge in [0.25, 0.3) is 0 Å². The minimum Gasteiger partial charge on any atom is -0.310 e. The molecule has 0 radical (unpaired) electrons. The number of benzene rings is 2. The molecule has 112 valence electrons. The van der Waals surface area contributed by atoms with E-state index in [1.165, 1.54) is 16.0 Å². The van der Waals surface area contributed by atoms with Gasteiger partial charge in [0.15, 0.2) is 0 Å². The molecular formula is C18H22BrNS. The van der Waals surface area contributed by atoms with Gasteiger partial charge in [-0.1, -0.05) is 54.0 Å². The molecule has 0 heterocycles. The quantitative estimate of drug-likeness (QED) is 0.655. The van der Waals surface area contributed by atoms with Crippen molar-refractivity contribution in [2.75, 3.05) is 12.3 Å². The Morgan fingerprint density at radius 3 is 2.48 bits per heavy atom. The van der Waals surface area contributed by atoms with E-state index in [0.717, 1.165) is 23.2 Å². The highest BCUT2D eigenvalue weighted by Crippen LogP contribution is 2.24. The molecule has 0 aliphatic carbocycles. The van der Waals surface area contributed by atoms with E-state index in [-0.39, 0.29) is 0 Å². The predicted octanol–water partition coefficient (Wildman–Crippen LogP) is 5.45. The largest absolute Gasteiger partial charge is 0.310 e. The van der Waals surface area contributed by atoms with Crippen molar-refractivity contribution in [1.29, 1.82) is 0 Å². The summed E-state index contributed by atoms with van der Waals surface area (Å²) >= 11 is 5.44. The minimum absolute atomic E-state index is 0.366. The van der Waals surface area contributed by atoms with Crippen LogP contribution in [0.15, 0.2) is 57.9 Å². The van der Waals surface area contributed by atoms with Gasteiger partial charge in [0, 0.05) is 15.4 Å². The Morgan fingerprint density at radius 1 is 1.10 bits per heavy atom. The van der Waals surface area contributed by atoms with Crippen LogP contribution in [0.25, 0.3) is 0 Å². The van der Waals surface area contributed by atoms with E-state index in [4.69, 9.17) is 0 Å². The lowest BCUT2D eigenvalue weighted by atomic mass is 9.99. The van der Waals surface area contributed by atoms with Crippen LogP contribution < -0.4 is 5.32 Å². The summed E-state index contributed by atoms with van der Waals surface area (Å²) in [6.45, 7) is 5.33. The highest BCUT2D eigenvalue weighted by molar-refractivity contribution is 9.10. The third-order valence-corrected chi connectivity index (χ3v) is 4.76. The van der Waals surface area contributed by atoms with Gasteiger partial charge in [-0.15, -0.1) is 11.8 Å². The third kappa shape index (κ3) is 5.17. The molecule has 0 saturated heterocycles. The Hall–Kier alpha value is -0.770. The Labute approximate surface area is 140 Å². The molecule has 0 aliphatic rings. The van der Waals surface area contributed by atoms with Crippen molar-refractivity contribution >= 4 is 27.7 Å². The van der Waals surface area contributed by atoms with E-state index in [2.05, 4.69) is 83.6 Å². The molecule has 2 aromatic carbocycles. The average molecular weight is 364 g/mol. The maximum Gasteiger partial charge on any atom is 0.0360 e. The monoisotopic (exact) mass is 363 g/mol. The number of thioether (sulfide) groups is 1. The van der Waals surface area contributed by atoms with Gasteiger partial charge in [-0.05, 0) is 54.1 Å². The van der Waals surface area contributed by atoms with Crippen molar-refractivity contribution < 1.29 is 0 Å². The number of hydrogen-bond acceptors (Lipinski definition) is 2. The Morgan fingerprint density at radius 2 is 1.86 bits per heavy atom. The fourth-order valence-electron chi connectivity index (χ4n) is 2.42. The Kier molecular flexibility index (Phi) is 6.81. The molecule has 0 aliphatic heterocycles. The molecule has 0 amide bonds. The topological polar surface area (TPSA) is 12.0 Å². The second-order valence-electron chi connectivity index (χ2n) is 4.95. The zero-order valence-electron chi connectivity index (χ0n) is 12.6. The van der Waals surface area contributed by atoms with Crippen molar-refractivity contribution in [3.8, 4) is 0 Å². The maximum atomic E-state index is 3.60. The summed E-state index contributed by atoms with van der Waals surface area (Å²) in [5.41, 5.74) is 2.71. The van der Waals surface area contributed by atoms with Crippen LogP contribution in [0.3, 0.4) is 0 Å². The maximum absolute atomic E-state index is 3.60. The molecule has 1 nitrogen and oxygen atoms in total. The summed E-state index contributed by atoms with van der Waals surface area (Å²) in [4.78, 5) is 1.35. The van der Waals surface area contributed by atoms with Gasteiger partial charge in [0.1, 0.15) is 0 Å². The van der Waals surface area contributed by atoms with Crippen LogP contribution in [0.5, 0.6) is 0 Å². The summed E-state index contributed by atoms with van der Waals surface area (Å²) in [5, 5.41) is 3.60. The van der Waals surface area contributed by atoms with Gasteiger partial charge >= 0.3 is 0 Å². The highest BCUT2D eigenvalue weighted by atomic mass is 79.9. The average Bonchev–Trinajstić information content (AvgIpc) is 2.48. The molecule has 1 N–H and O–H groups in total. The van der Waals surface area contributed by atoms with Crippen LogP contribution in [-0.2, 0) is 6.42 Å². The van der Waals surface area contributed by atoms with Crippen molar-refractivity contribution in [1.82, 2.24) is 5.32 Å². The molecule has 0 spiro atoms. The lowest BCUT2D eigenvalue weighted by Gasteiger charge is -2.19. The third-order valence-electron chi connectivity index (χ3n) is 3.37. The van der Waals surface area contributed by atoms with Gasteiger partial charge in [-0.25, -0.2) is 0 Å². The Bertz CT molecular complexity index is 553. The number of hydrogen-bond donors (Lipinski definition) is 1. The van der Waals surface area contributed by atoms with E-state index in [1.807, 2.05) is 11.8 Å². The van der Waals surface area contributed by atoms with E-state index in [0.29, 0.717) is 6.04 Å². The number of rotatable bonds is 7. The van der Waals surface area contributed by atoms with Crippen molar-refractivity contribution in [2.24, 2.45) is 0 Å². The first-order valence-electron chi connectivity index (χ1n) is 7.43. The number of nitrogens with one attached hydrogen (secondary N) is 1. The normalized spacial score (nSPS) is 12.3. The van der Waals surface area contributed by atoms with Crippen LogP contribution in [0, 0.1) is 0 Å². The van der Waals surface area contributed by atoms with Crippen LogP contribution in [-0.4, -0.2) is 12.3 Å². The van der Waals surface area contributed by atoms with Gasteiger partial charge < -0.3 is 5.32 Å². The highest BCUT2D eigenvalue weighted by Gasteiger charge is 2.11. The summed E-state index contributed by atoms with van der Waals surface area (Å²) in [5.74, 6) is 1.12. The van der Waals surface area contributed by atoms with Crippen LogP contribution >= 0.6 is 27.7 Å². The zero-order valence-corrected chi connectivity index (χ0v) is 15.0. The number of likely N-dealkylation sites (N-methyl/N-ethyl adjacent to an activating group) is 1. The summed E-state index contributed by atoms with van der Waals surface area (Å²) in [6.07, 6.45) is 1.01. The minimum atomic E-state index is 0.366. The lowest BCUT2D eigenvalue weighted by molar-refractivity contribution is 0.549. The van der Waals surface area contributed by atoms with Gasteiger partial charge in [0.2, 0.25) is 0 Å². The van der Waals surface area contributed by atoms with E-state index < -0.39 is 0 Å². The predicted molar refractivity (Wildman–Crippen MR) is 97.1 cm³/mol. The van der Waals surface area contributed by atoms with E-state index in [1.54, 1.807) is 0 Å². The molecule has 21 heavy (non-hydrogen) atoms. The second kappa shape index (κ2) is 8.62. The SMILES string of the molecule is CCNC(Cc1cccc(Br)c1)c1ccc(SCC)cc1. The summed E-state index contributed by atoms with van der Waals surface area (Å²) < 4.78 is 1.14. The molecule has 0 fully saturated rings. The van der Waals surface area contributed by atoms with E-state index >= 15 is 0 Å². The molecule has 3 heteroatoms. The van der Waals surface area contributed by atoms with Crippen molar-refractivity contribution in [3.05, 3.63) is 64.1 Å². The first-order valence-corrected chi connectivity index (χ1v) is 9.21. The van der Waals surface area contributed by atoms with E-state index in [9.17, 15) is 0 Å². The smallest absolute Gasteiger partial charge is 0.0360 e. The molecule has 2 rings (SSSR count). The standard InChI is InChI=1S/C18H22BrNS/c1-3-20-18(13-14-6-5-7-16(19)12-14)15-8-10-17(11-9-15)21-4-2/h5-12,18,20H,3-4,13H2,1-2H3.